The van der Waals surface area contributed by atoms with Crippen LogP contribution in [0, 0.1) is 11.8 Å². The zero-order valence-electron chi connectivity index (χ0n) is 9.49. The normalized spacial score (nSPS) is 24.8. The third kappa shape index (κ3) is 3.32. The highest BCUT2D eigenvalue weighted by Crippen LogP contribution is 2.29. The summed E-state index contributed by atoms with van der Waals surface area (Å²) in [7, 11) is 0. The maximum Gasteiger partial charge on any atom is 0.224 e. The van der Waals surface area contributed by atoms with Crippen molar-refractivity contribution in [3.63, 3.8) is 0 Å². The van der Waals surface area contributed by atoms with Crippen molar-refractivity contribution >= 4 is 17.6 Å². The minimum Gasteiger partial charge on any atom is -0.369 e. The smallest absolute Gasteiger partial charge is 0.224 e. The molecular formula is C11H18N2O3. The van der Waals surface area contributed by atoms with Crippen LogP contribution in [0.25, 0.3) is 0 Å². The average Bonchev–Trinajstić information content (AvgIpc) is 2.25. The van der Waals surface area contributed by atoms with E-state index in [2.05, 4.69) is 5.32 Å². The summed E-state index contributed by atoms with van der Waals surface area (Å²) in [5.74, 6) is -1.47. The second kappa shape index (κ2) is 5.63. The van der Waals surface area contributed by atoms with Crippen molar-refractivity contribution in [3.05, 3.63) is 0 Å². The molecule has 2 atom stereocenters. The van der Waals surface area contributed by atoms with E-state index < -0.39 is 5.91 Å². The van der Waals surface area contributed by atoms with Crippen molar-refractivity contribution < 1.29 is 14.4 Å². The highest BCUT2D eigenvalue weighted by molar-refractivity contribution is 5.89. The summed E-state index contributed by atoms with van der Waals surface area (Å²) in [5, 5.41) is 2.54. The predicted molar refractivity (Wildman–Crippen MR) is 58.3 cm³/mol. The molecule has 5 heteroatoms. The van der Waals surface area contributed by atoms with Gasteiger partial charge in [-0.2, -0.15) is 0 Å². The van der Waals surface area contributed by atoms with Crippen molar-refractivity contribution in [2.45, 2.75) is 32.6 Å². The van der Waals surface area contributed by atoms with Crippen molar-refractivity contribution in [2.75, 3.05) is 6.54 Å². The monoisotopic (exact) mass is 226 g/mol. The lowest BCUT2D eigenvalue weighted by Gasteiger charge is -2.27. The Hall–Kier alpha value is -1.39. The summed E-state index contributed by atoms with van der Waals surface area (Å²) in [6, 6.07) is 0. The topological polar surface area (TPSA) is 89.3 Å². The summed E-state index contributed by atoms with van der Waals surface area (Å²) in [6.45, 7) is 1.44. The van der Waals surface area contributed by atoms with E-state index in [-0.39, 0.29) is 30.1 Å². The predicted octanol–water partition coefficient (Wildman–Crippen LogP) is -0.0167. The number of hydrogen-bond donors (Lipinski definition) is 2. The van der Waals surface area contributed by atoms with Gasteiger partial charge in [-0.25, -0.2) is 0 Å². The molecule has 0 aromatic rings. The molecule has 0 aliphatic heterocycles. The number of Topliss-reactive ketones (excluding diaryl/α,β-unsaturated/α-hetero) is 1. The van der Waals surface area contributed by atoms with Gasteiger partial charge in [0.25, 0.3) is 0 Å². The Morgan fingerprint density at radius 1 is 1.19 bits per heavy atom. The molecule has 0 aromatic carbocycles. The van der Waals surface area contributed by atoms with E-state index in [0.29, 0.717) is 12.8 Å². The number of ketones is 1. The van der Waals surface area contributed by atoms with Gasteiger partial charge >= 0.3 is 0 Å². The average molecular weight is 226 g/mol. The first-order valence-electron chi connectivity index (χ1n) is 5.59. The van der Waals surface area contributed by atoms with E-state index in [9.17, 15) is 14.4 Å². The molecular weight excluding hydrogens is 208 g/mol. The van der Waals surface area contributed by atoms with Crippen LogP contribution in [-0.2, 0) is 14.4 Å². The standard InChI is InChI=1S/C11H18N2O3/c1-7(14)6-13-11(16)9-5-3-2-4-8(9)10(12)15/h8-9H,2-6H2,1H3,(H2,12,15)(H,13,16)/t8-,9+/m0/s1. The summed E-state index contributed by atoms with van der Waals surface area (Å²) in [4.78, 5) is 33.7. The maximum atomic E-state index is 11.7. The molecule has 0 radical (unpaired) electrons. The summed E-state index contributed by atoms with van der Waals surface area (Å²) >= 11 is 0. The second-order valence-electron chi connectivity index (χ2n) is 4.32. The van der Waals surface area contributed by atoms with Gasteiger partial charge < -0.3 is 11.1 Å². The molecule has 1 aliphatic rings. The van der Waals surface area contributed by atoms with E-state index in [0.717, 1.165) is 12.8 Å². The van der Waals surface area contributed by atoms with Gasteiger partial charge in [0.15, 0.2) is 0 Å². The lowest BCUT2D eigenvalue weighted by molar-refractivity contribution is -0.135. The van der Waals surface area contributed by atoms with Crippen LogP contribution in [0.1, 0.15) is 32.6 Å². The second-order valence-corrected chi connectivity index (χ2v) is 4.32. The Bertz CT molecular complexity index is 302. The molecule has 2 amide bonds. The van der Waals surface area contributed by atoms with Crippen LogP contribution in [-0.4, -0.2) is 24.1 Å². The van der Waals surface area contributed by atoms with Crippen LogP contribution in [0.2, 0.25) is 0 Å². The Labute approximate surface area is 94.8 Å². The van der Waals surface area contributed by atoms with Crippen molar-refractivity contribution in [3.8, 4) is 0 Å². The largest absolute Gasteiger partial charge is 0.369 e. The van der Waals surface area contributed by atoms with Crippen LogP contribution >= 0.6 is 0 Å². The summed E-state index contributed by atoms with van der Waals surface area (Å²) in [6.07, 6.45) is 3.22. The van der Waals surface area contributed by atoms with Crippen molar-refractivity contribution in [2.24, 2.45) is 17.6 Å². The maximum absolute atomic E-state index is 11.7. The van der Waals surface area contributed by atoms with Crippen LogP contribution in [0.4, 0.5) is 0 Å². The number of rotatable bonds is 4. The molecule has 0 bridgehead atoms. The van der Waals surface area contributed by atoms with Crippen LogP contribution in [0.3, 0.4) is 0 Å². The molecule has 1 saturated carbocycles. The number of amides is 2. The van der Waals surface area contributed by atoms with E-state index in [4.69, 9.17) is 5.73 Å². The Balaban J connectivity index is 2.57. The molecule has 0 unspecified atom stereocenters. The Kier molecular flexibility index (Phi) is 4.46. The quantitative estimate of drug-likeness (QED) is 0.706. The fourth-order valence-corrected chi connectivity index (χ4v) is 2.13. The van der Waals surface area contributed by atoms with Gasteiger partial charge in [0.2, 0.25) is 11.8 Å². The zero-order valence-corrected chi connectivity index (χ0v) is 9.49. The molecule has 0 aromatic heterocycles. The molecule has 16 heavy (non-hydrogen) atoms. The van der Waals surface area contributed by atoms with Crippen molar-refractivity contribution in [1.82, 2.24) is 5.32 Å². The third-order valence-electron chi connectivity index (χ3n) is 2.98. The number of primary amides is 1. The van der Waals surface area contributed by atoms with E-state index >= 15 is 0 Å². The van der Waals surface area contributed by atoms with Crippen LogP contribution in [0.5, 0.6) is 0 Å². The summed E-state index contributed by atoms with van der Waals surface area (Å²) in [5.41, 5.74) is 5.27. The zero-order chi connectivity index (χ0) is 12.1. The highest BCUT2D eigenvalue weighted by Gasteiger charge is 2.34. The fraction of sp³-hybridized carbons (Fsp3) is 0.727. The van der Waals surface area contributed by atoms with E-state index in [1.165, 1.54) is 6.92 Å². The minimum atomic E-state index is -0.414. The molecule has 1 aliphatic carbocycles. The Morgan fingerprint density at radius 2 is 1.75 bits per heavy atom. The number of nitrogens with two attached hydrogens (primary N) is 1. The number of carbonyl (C=O) groups excluding carboxylic acids is 3. The lowest BCUT2D eigenvalue weighted by atomic mass is 9.78. The number of nitrogens with one attached hydrogen (secondary N) is 1. The Morgan fingerprint density at radius 3 is 2.25 bits per heavy atom. The number of hydrogen-bond acceptors (Lipinski definition) is 3. The molecule has 0 heterocycles. The first kappa shape index (κ1) is 12.7. The SMILES string of the molecule is CC(=O)CNC(=O)[C@@H]1CCCC[C@@H]1C(N)=O. The van der Waals surface area contributed by atoms with Gasteiger partial charge in [0.05, 0.1) is 6.54 Å². The van der Waals surface area contributed by atoms with Gasteiger partial charge in [0, 0.05) is 11.8 Å². The molecule has 0 saturated heterocycles. The minimum absolute atomic E-state index is 0.0286. The van der Waals surface area contributed by atoms with Gasteiger partial charge in [-0.1, -0.05) is 12.8 Å². The molecule has 90 valence electrons. The van der Waals surface area contributed by atoms with E-state index in [1.807, 2.05) is 0 Å². The van der Waals surface area contributed by atoms with Gasteiger partial charge in [-0.3, -0.25) is 14.4 Å². The molecule has 1 fully saturated rings. The van der Waals surface area contributed by atoms with Gasteiger partial charge in [0.1, 0.15) is 5.78 Å². The lowest BCUT2D eigenvalue weighted by Crippen LogP contribution is -2.43. The molecule has 3 N–H and O–H groups in total. The summed E-state index contributed by atoms with van der Waals surface area (Å²) < 4.78 is 0. The van der Waals surface area contributed by atoms with Gasteiger partial charge in [-0.15, -0.1) is 0 Å². The van der Waals surface area contributed by atoms with Gasteiger partial charge in [-0.05, 0) is 19.8 Å². The molecule has 1 rings (SSSR count). The van der Waals surface area contributed by atoms with Crippen LogP contribution < -0.4 is 11.1 Å². The molecule has 0 spiro atoms. The highest BCUT2D eigenvalue weighted by atomic mass is 16.2. The number of carbonyl (C=O) groups is 3. The third-order valence-corrected chi connectivity index (χ3v) is 2.98. The first-order valence-corrected chi connectivity index (χ1v) is 5.59. The van der Waals surface area contributed by atoms with E-state index in [1.54, 1.807) is 0 Å². The first-order chi connectivity index (χ1) is 7.52. The van der Waals surface area contributed by atoms with Crippen molar-refractivity contribution in [1.29, 1.82) is 0 Å². The fourth-order valence-electron chi connectivity index (χ4n) is 2.13. The molecule has 5 nitrogen and oxygen atoms in total. The van der Waals surface area contributed by atoms with Crippen LogP contribution in [0.15, 0.2) is 0 Å².